The van der Waals surface area contributed by atoms with Crippen molar-refractivity contribution in [1.29, 1.82) is 0 Å². The minimum absolute atomic E-state index is 0.558. The average molecular weight is 209 g/mol. The number of carboxylic acids is 1. The summed E-state index contributed by atoms with van der Waals surface area (Å²) in [5, 5.41) is 8.79. The molecular formula is C11H15NO3. The summed E-state index contributed by atoms with van der Waals surface area (Å²) in [6, 6.07) is 2.44. The molecule has 0 aromatic heterocycles. The fourth-order valence-corrected chi connectivity index (χ4v) is 1.39. The lowest BCUT2D eigenvalue weighted by molar-refractivity contribution is -0.138. The van der Waals surface area contributed by atoms with E-state index < -0.39 is 12.0 Å². The van der Waals surface area contributed by atoms with Crippen LogP contribution in [0, 0.1) is 13.8 Å². The molecule has 15 heavy (non-hydrogen) atoms. The zero-order chi connectivity index (χ0) is 11.6. The molecular weight excluding hydrogens is 194 g/mol. The summed E-state index contributed by atoms with van der Waals surface area (Å²) < 4.78 is 5.15. The zero-order valence-electron chi connectivity index (χ0n) is 9.07. The largest absolute Gasteiger partial charge is 0.496 e. The van der Waals surface area contributed by atoms with Crippen molar-refractivity contribution in [3.63, 3.8) is 0 Å². The minimum atomic E-state index is -1.04. The molecule has 0 aliphatic heterocycles. The Morgan fingerprint density at radius 1 is 1.47 bits per heavy atom. The van der Waals surface area contributed by atoms with Crippen molar-refractivity contribution in [2.24, 2.45) is 5.73 Å². The van der Waals surface area contributed by atoms with Crippen LogP contribution in [-0.4, -0.2) is 18.2 Å². The molecule has 82 valence electrons. The van der Waals surface area contributed by atoms with E-state index in [1.165, 1.54) is 0 Å². The van der Waals surface area contributed by atoms with Gasteiger partial charge < -0.3 is 15.6 Å². The molecule has 1 atom stereocenters. The number of aryl methyl sites for hydroxylation is 1. The van der Waals surface area contributed by atoms with Crippen LogP contribution >= 0.6 is 0 Å². The van der Waals surface area contributed by atoms with E-state index in [9.17, 15) is 4.79 Å². The van der Waals surface area contributed by atoms with Crippen LogP contribution < -0.4 is 10.5 Å². The number of carboxylic acid groups (broad SMARTS) is 1. The Balaban J connectivity index is 3.22. The SMILES string of the molecule is COc1cc(C(N)C(=O)O)cc(C)c1C. The third kappa shape index (κ3) is 2.27. The molecule has 0 spiro atoms. The third-order valence-corrected chi connectivity index (χ3v) is 2.49. The van der Waals surface area contributed by atoms with Gasteiger partial charge in [-0.15, -0.1) is 0 Å². The van der Waals surface area contributed by atoms with Gasteiger partial charge in [-0.3, -0.25) is 4.79 Å². The molecule has 0 aliphatic carbocycles. The summed E-state index contributed by atoms with van der Waals surface area (Å²) in [7, 11) is 1.55. The van der Waals surface area contributed by atoms with E-state index in [4.69, 9.17) is 15.6 Å². The van der Waals surface area contributed by atoms with E-state index in [0.717, 1.165) is 11.1 Å². The molecule has 4 heteroatoms. The molecule has 0 amide bonds. The topological polar surface area (TPSA) is 72.5 Å². The number of nitrogens with two attached hydrogens (primary N) is 1. The Bertz CT molecular complexity index is 388. The van der Waals surface area contributed by atoms with Crippen molar-refractivity contribution >= 4 is 5.97 Å². The maximum Gasteiger partial charge on any atom is 0.325 e. The van der Waals surface area contributed by atoms with Crippen LogP contribution in [0.1, 0.15) is 22.7 Å². The van der Waals surface area contributed by atoms with Gasteiger partial charge in [0.05, 0.1) is 7.11 Å². The fraction of sp³-hybridized carbons (Fsp3) is 0.364. The van der Waals surface area contributed by atoms with E-state index >= 15 is 0 Å². The van der Waals surface area contributed by atoms with Gasteiger partial charge in [-0.1, -0.05) is 6.07 Å². The van der Waals surface area contributed by atoms with Gasteiger partial charge in [0.2, 0.25) is 0 Å². The first-order valence-electron chi connectivity index (χ1n) is 4.61. The van der Waals surface area contributed by atoms with Crippen LogP contribution in [-0.2, 0) is 4.79 Å². The Kier molecular flexibility index (Phi) is 3.31. The number of aliphatic carboxylic acids is 1. The lowest BCUT2D eigenvalue weighted by atomic mass is 10.0. The number of rotatable bonds is 3. The van der Waals surface area contributed by atoms with Gasteiger partial charge in [-0.2, -0.15) is 0 Å². The molecule has 1 aromatic rings. The smallest absolute Gasteiger partial charge is 0.325 e. The van der Waals surface area contributed by atoms with Crippen molar-refractivity contribution in [2.45, 2.75) is 19.9 Å². The predicted octanol–water partition coefficient (Wildman–Crippen LogP) is 1.40. The van der Waals surface area contributed by atoms with Gasteiger partial charge in [0.15, 0.2) is 0 Å². The van der Waals surface area contributed by atoms with Crippen LogP contribution in [0.25, 0.3) is 0 Å². The van der Waals surface area contributed by atoms with Crippen molar-refractivity contribution in [3.8, 4) is 5.75 Å². The maximum atomic E-state index is 10.7. The molecule has 0 fully saturated rings. The van der Waals surface area contributed by atoms with E-state index in [-0.39, 0.29) is 0 Å². The molecule has 0 saturated heterocycles. The Labute approximate surface area is 88.7 Å². The van der Waals surface area contributed by atoms with Crippen molar-refractivity contribution in [2.75, 3.05) is 7.11 Å². The zero-order valence-corrected chi connectivity index (χ0v) is 9.07. The van der Waals surface area contributed by atoms with Gasteiger partial charge in [-0.05, 0) is 36.6 Å². The van der Waals surface area contributed by atoms with Gasteiger partial charge in [0.25, 0.3) is 0 Å². The Morgan fingerprint density at radius 2 is 2.07 bits per heavy atom. The van der Waals surface area contributed by atoms with Crippen molar-refractivity contribution in [1.82, 2.24) is 0 Å². The second kappa shape index (κ2) is 4.31. The molecule has 0 saturated carbocycles. The highest BCUT2D eigenvalue weighted by Gasteiger charge is 2.16. The molecule has 0 aliphatic rings. The lowest BCUT2D eigenvalue weighted by Gasteiger charge is -2.13. The predicted molar refractivity (Wildman–Crippen MR) is 57.0 cm³/mol. The summed E-state index contributed by atoms with van der Waals surface area (Å²) >= 11 is 0. The molecule has 1 aromatic carbocycles. The second-order valence-electron chi connectivity index (χ2n) is 3.48. The number of benzene rings is 1. The third-order valence-electron chi connectivity index (χ3n) is 2.49. The first-order valence-corrected chi connectivity index (χ1v) is 4.61. The molecule has 4 nitrogen and oxygen atoms in total. The Morgan fingerprint density at radius 3 is 2.53 bits per heavy atom. The quantitative estimate of drug-likeness (QED) is 0.789. The maximum absolute atomic E-state index is 10.7. The summed E-state index contributed by atoms with van der Waals surface area (Å²) in [6.45, 7) is 3.82. The van der Waals surface area contributed by atoms with Crippen LogP contribution in [0.4, 0.5) is 0 Å². The van der Waals surface area contributed by atoms with Gasteiger partial charge in [0.1, 0.15) is 11.8 Å². The lowest BCUT2D eigenvalue weighted by Crippen LogP contribution is -2.20. The highest BCUT2D eigenvalue weighted by molar-refractivity contribution is 5.75. The van der Waals surface area contributed by atoms with Crippen molar-refractivity contribution < 1.29 is 14.6 Å². The summed E-state index contributed by atoms with van der Waals surface area (Å²) in [4.78, 5) is 10.7. The number of carbonyl (C=O) groups is 1. The first-order chi connectivity index (χ1) is 6.97. The van der Waals surface area contributed by atoms with Crippen LogP contribution in [0.2, 0.25) is 0 Å². The highest BCUT2D eigenvalue weighted by Crippen LogP contribution is 2.25. The molecule has 0 bridgehead atoms. The first kappa shape index (κ1) is 11.5. The number of methoxy groups -OCH3 is 1. The van der Waals surface area contributed by atoms with E-state index in [1.54, 1.807) is 19.2 Å². The summed E-state index contributed by atoms with van der Waals surface area (Å²) in [5.74, 6) is -0.373. The van der Waals surface area contributed by atoms with Gasteiger partial charge in [-0.25, -0.2) is 0 Å². The number of ether oxygens (including phenoxy) is 1. The highest BCUT2D eigenvalue weighted by atomic mass is 16.5. The average Bonchev–Trinajstić information content (AvgIpc) is 2.20. The molecule has 1 rings (SSSR count). The Hall–Kier alpha value is -1.55. The normalized spacial score (nSPS) is 12.3. The van der Waals surface area contributed by atoms with Gasteiger partial charge >= 0.3 is 5.97 Å². The molecule has 1 unspecified atom stereocenters. The molecule has 0 radical (unpaired) electrons. The van der Waals surface area contributed by atoms with E-state index in [0.29, 0.717) is 11.3 Å². The van der Waals surface area contributed by atoms with Crippen molar-refractivity contribution in [3.05, 3.63) is 28.8 Å². The van der Waals surface area contributed by atoms with Crippen LogP contribution in [0.5, 0.6) is 5.75 Å². The van der Waals surface area contributed by atoms with E-state index in [2.05, 4.69) is 0 Å². The monoisotopic (exact) mass is 209 g/mol. The summed E-state index contributed by atoms with van der Waals surface area (Å²) in [6.07, 6.45) is 0. The standard InChI is InChI=1S/C11H15NO3/c1-6-4-8(10(12)11(13)14)5-9(15-3)7(6)2/h4-5,10H,12H2,1-3H3,(H,13,14). The number of hydrogen-bond acceptors (Lipinski definition) is 3. The summed E-state index contributed by atoms with van der Waals surface area (Å²) in [5.41, 5.74) is 8.06. The minimum Gasteiger partial charge on any atom is -0.496 e. The van der Waals surface area contributed by atoms with Gasteiger partial charge in [0, 0.05) is 0 Å². The molecule has 0 heterocycles. The fourth-order valence-electron chi connectivity index (χ4n) is 1.39. The number of hydrogen-bond donors (Lipinski definition) is 2. The van der Waals surface area contributed by atoms with E-state index in [1.807, 2.05) is 13.8 Å². The second-order valence-corrected chi connectivity index (χ2v) is 3.48. The van der Waals surface area contributed by atoms with Crippen LogP contribution in [0.15, 0.2) is 12.1 Å². The molecule has 3 N–H and O–H groups in total. The van der Waals surface area contributed by atoms with Crippen LogP contribution in [0.3, 0.4) is 0 Å².